The summed E-state index contributed by atoms with van der Waals surface area (Å²) < 4.78 is 6.13. The standard InChI is InChI=1S/C16H15N3O3/c1-3-22-16(21)11-4-6-12(7-5-11)19-14(20)8-10(2)13(9-17)15(19)18/h4-8H,3,18H2,1-2H3. The average Bonchev–Trinajstić information content (AvgIpc) is 2.48. The van der Waals surface area contributed by atoms with Gasteiger partial charge in [0.2, 0.25) is 0 Å². The zero-order valence-corrected chi connectivity index (χ0v) is 12.3. The van der Waals surface area contributed by atoms with E-state index < -0.39 is 5.97 Å². The van der Waals surface area contributed by atoms with Gasteiger partial charge in [0.25, 0.3) is 5.56 Å². The Bertz CT molecular complexity index is 814. The van der Waals surface area contributed by atoms with E-state index in [0.29, 0.717) is 16.8 Å². The number of hydrogen-bond donors (Lipinski definition) is 1. The van der Waals surface area contributed by atoms with Crippen LogP contribution in [0.3, 0.4) is 0 Å². The van der Waals surface area contributed by atoms with Crippen LogP contribution in [-0.2, 0) is 4.74 Å². The van der Waals surface area contributed by atoms with Gasteiger partial charge in [0.1, 0.15) is 11.9 Å². The number of nitrogens with zero attached hydrogens (tertiary/aromatic N) is 2. The number of aryl methyl sites for hydroxylation is 1. The number of carbonyl (C=O) groups is 1. The van der Waals surface area contributed by atoms with Gasteiger partial charge in [-0.3, -0.25) is 9.36 Å². The fourth-order valence-corrected chi connectivity index (χ4v) is 2.13. The number of nitrogens with two attached hydrogens (primary N) is 1. The summed E-state index contributed by atoms with van der Waals surface area (Å²) in [5.74, 6) is -0.354. The monoisotopic (exact) mass is 297 g/mol. The van der Waals surface area contributed by atoms with Gasteiger partial charge in [0.15, 0.2) is 0 Å². The summed E-state index contributed by atoms with van der Waals surface area (Å²) in [6.45, 7) is 3.67. The first-order valence-corrected chi connectivity index (χ1v) is 6.69. The number of anilines is 1. The molecule has 0 aliphatic carbocycles. The maximum absolute atomic E-state index is 12.1. The molecule has 112 valence electrons. The molecule has 2 rings (SSSR count). The topological polar surface area (TPSA) is 98.1 Å². The largest absolute Gasteiger partial charge is 0.462 e. The molecule has 0 fully saturated rings. The molecule has 2 N–H and O–H groups in total. The first kappa shape index (κ1) is 15.3. The molecule has 0 amide bonds. The van der Waals surface area contributed by atoms with Crippen molar-refractivity contribution in [3.63, 3.8) is 0 Å². The predicted molar refractivity (Wildman–Crippen MR) is 81.9 cm³/mol. The van der Waals surface area contributed by atoms with E-state index >= 15 is 0 Å². The number of nitriles is 1. The van der Waals surface area contributed by atoms with Crippen LogP contribution in [0, 0.1) is 18.3 Å². The summed E-state index contributed by atoms with van der Waals surface area (Å²) in [6.07, 6.45) is 0. The molecule has 2 aromatic rings. The van der Waals surface area contributed by atoms with Gasteiger partial charge in [-0.05, 0) is 43.7 Å². The Morgan fingerprint density at radius 2 is 2.00 bits per heavy atom. The van der Waals surface area contributed by atoms with Crippen molar-refractivity contribution in [2.75, 3.05) is 12.3 Å². The highest BCUT2D eigenvalue weighted by molar-refractivity contribution is 5.89. The van der Waals surface area contributed by atoms with Gasteiger partial charge in [-0.25, -0.2) is 4.79 Å². The number of nitrogen functional groups attached to an aromatic ring is 1. The maximum Gasteiger partial charge on any atom is 0.338 e. The molecule has 0 aliphatic rings. The van der Waals surface area contributed by atoms with Gasteiger partial charge >= 0.3 is 5.97 Å². The maximum atomic E-state index is 12.1. The smallest absolute Gasteiger partial charge is 0.338 e. The molecule has 0 atom stereocenters. The second-order valence-electron chi connectivity index (χ2n) is 4.64. The lowest BCUT2D eigenvalue weighted by molar-refractivity contribution is 0.0526. The van der Waals surface area contributed by atoms with E-state index in [4.69, 9.17) is 15.7 Å². The molecule has 1 aromatic carbocycles. The summed E-state index contributed by atoms with van der Waals surface area (Å²) in [5.41, 5.74) is 7.24. The van der Waals surface area contributed by atoms with Crippen LogP contribution in [0.25, 0.3) is 5.69 Å². The van der Waals surface area contributed by atoms with Crippen LogP contribution in [0.1, 0.15) is 28.4 Å². The zero-order chi connectivity index (χ0) is 16.3. The zero-order valence-electron chi connectivity index (χ0n) is 12.3. The van der Waals surface area contributed by atoms with Crippen LogP contribution in [0.5, 0.6) is 0 Å². The molecule has 0 saturated heterocycles. The number of aromatic nitrogens is 1. The predicted octanol–water partition coefficient (Wildman–Crippen LogP) is 1.78. The Hall–Kier alpha value is -3.07. The van der Waals surface area contributed by atoms with Crippen LogP contribution in [-0.4, -0.2) is 17.1 Å². The first-order valence-electron chi connectivity index (χ1n) is 6.69. The van der Waals surface area contributed by atoms with Crippen LogP contribution >= 0.6 is 0 Å². The molecule has 1 aromatic heterocycles. The molecule has 1 heterocycles. The second-order valence-corrected chi connectivity index (χ2v) is 4.64. The van der Waals surface area contributed by atoms with E-state index in [1.807, 2.05) is 6.07 Å². The molecule has 6 heteroatoms. The van der Waals surface area contributed by atoms with E-state index in [1.54, 1.807) is 38.1 Å². The molecule has 0 bridgehead atoms. The Labute approximate surface area is 127 Å². The highest BCUT2D eigenvalue weighted by Gasteiger charge is 2.13. The fourth-order valence-electron chi connectivity index (χ4n) is 2.13. The van der Waals surface area contributed by atoms with Crippen molar-refractivity contribution in [3.8, 4) is 11.8 Å². The third-order valence-corrected chi connectivity index (χ3v) is 3.20. The quantitative estimate of drug-likeness (QED) is 0.871. The Balaban J connectivity index is 2.52. The molecule has 6 nitrogen and oxygen atoms in total. The van der Waals surface area contributed by atoms with Gasteiger partial charge in [0, 0.05) is 6.07 Å². The number of hydrogen-bond acceptors (Lipinski definition) is 5. The number of benzene rings is 1. The van der Waals surface area contributed by atoms with Crippen LogP contribution < -0.4 is 11.3 Å². The van der Waals surface area contributed by atoms with E-state index in [0.717, 1.165) is 0 Å². The van der Waals surface area contributed by atoms with Gasteiger partial charge in [-0.15, -0.1) is 0 Å². The van der Waals surface area contributed by atoms with Gasteiger partial charge in [-0.2, -0.15) is 5.26 Å². The van der Waals surface area contributed by atoms with Crippen LogP contribution in [0.2, 0.25) is 0 Å². The van der Waals surface area contributed by atoms with Crippen molar-refractivity contribution >= 4 is 11.8 Å². The minimum Gasteiger partial charge on any atom is -0.462 e. The summed E-state index contributed by atoms with van der Waals surface area (Å²) in [6, 6.07) is 9.60. The summed E-state index contributed by atoms with van der Waals surface area (Å²) in [4.78, 5) is 23.7. The lowest BCUT2D eigenvalue weighted by Gasteiger charge is -2.12. The van der Waals surface area contributed by atoms with Crippen LogP contribution in [0.4, 0.5) is 5.82 Å². The van der Waals surface area contributed by atoms with Crippen LogP contribution in [0.15, 0.2) is 35.1 Å². The van der Waals surface area contributed by atoms with Crippen molar-refractivity contribution in [2.45, 2.75) is 13.8 Å². The van der Waals surface area contributed by atoms with Gasteiger partial charge in [0.05, 0.1) is 23.4 Å². The Morgan fingerprint density at radius 3 is 2.55 bits per heavy atom. The number of rotatable bonds is 3. The minimum atomic E-state index is -0.434. The third-order valence-electron chi connectivity index (χ3n) is 3.20. The number of esters is 1. The van der Waals surface area contributed by atoms with Crippen molar-refractivity contribution in [1.82, 2.24) is 4.57 Å². The van der Waals surface area contributed by atoms with Gasteiger partial charge in [-0.1, -0.05) is 0 Å². The molecular weight excluding hydrogens is 282 g/mol. The Morgan fingerprint density at radius 1 is 1.36 bits per heavy atom. The molecule has 0 spiro atoms. The first-order chi connectivity index (χ1) is 10.5. The highest BCUT2D eigenvalue weighted by Crippen LogP contribution is 2.18. The Kier molecular flexibility index (Phi) is 4.28. The van der Waals surface area contributed by atoms with E-state index in [-0.39, 0.29) is 23.5 Å². The SMILES string of the molecule is CCOC(=O)c1ccc(-n2c(N)c(C#N)c(C)cc2=O)cc1. The molecule has 22 heavy (non-hydrogen) atoms. The van der Waals surface area contributed by atoms with Crippen molar-refractivity contribution in [2.24, 2.45) is 0 Å². The normalized spacial score (nSPS) is 10.0. The van der Waals surface area contributed by atoms with E-state index in [9.17, 15) is 9.59 Å². The van der Waals surface area contributed by atoms with Crippen molar-refractivity contribution < 1.29 is 9.53 Å². The van der Waals surface area contributed by atoms with Crippen molar-refractivity contribution in [1.29, 1.82) is 5.26 Å². The molecule has 0 radical (unpaired) electrons. The molecular formula is C16H15N3O3. The minimum absolute atomic E-state index is 0.0800. The lowest BCUT2D eigenvalue weighted by atomic mass is 10.1. The number of carbonyl (C=O) groups excluding carboxylic acids is 1. The molecule has 0 unspecified atom stereocenters. The fraction of sp³-hybridized carbons (Fsp3) is 0.188. The average molecular weight is 297 g/mol. The van der Waals surface area contributed by atoms with Gasteiger partial charge < -0.3 is 10.5 Å². The summed E-state index contributed by atoms with van der Waals surface area (Å²) >= 11 is 0. The van der Waals surface area contributed by atoms with E-state index in [2.05, 4.69) is 0 Å². The van der Waals surface area contributed by atoms with Crippen molar-refractivity contribution in [3.05, 3.63) is 57.4 Å². The van der Waals surface area contributed by atoms with E-state index in [1.165, 1.54) is 10.6 Å². The third kappa shape index (κ3) is 2.69. The highest BCUT2D eigenvalue weighted by atomic mass is 16.5. The molecule has 0 saturated carbocycles. The summed E-state index contributed by atoms with van der Waals surface area (Å²) in [5, 5.41) is 9.13. The second kappa shape index (κ2) is 6.14. The lowest BCUT2D eigenvalue weighted by Crippen LogP contribution is -2.22. The number of pyridine rings is 1. The molecule has 0 aliphatic heterocycles. The number of ether oxygens (including phenoxy) is 1. The summed E-state index contributed by atoms with van der Waals surface area (Å²) in [7, 11) is 0.